The third-order valence-corrected chi connectivity index (χ3v) is 4.86. The molecule has 1 aromatic rings. The van der Waals surface area contributed by atoms with Gasteiger partial charge < -0.3 is 15.8 Å². The Morgan fingerprint density at radius 3 is 2.67 bits per heavy atom. The molecule has 0 radical (unpaired) electrons. The van der Waals surface area contributed by atoms with Crippen molar-refractivity contribution in [3.63, 3.8) is 0 Å². The summed E-state index contributed by atoms with van der Waals surface area (Å²) in [6.07, 6.45) is 5.99. The van der Waals surface area contributed by atoms with Crippen LogP contribution in [0.25, 0.3) is 0 Å². The summed E-state index contributed by atoms with van der Waals surface area (Å²) in [5.74, 6) is 3.23. The van der Waals surface area contributed by atoms with Gasteiger partial charge in [0, 0.05) is 18.7 Å². The standard InChI is InChI=1S/C17H24N2O2/c18-7-8-21-16-5-3-15(4-6-16)19-17(20)11-14-10-12-1-2-13(14)9-12/h3-6,12-14H,1-2,7-11,18H2,(H,19,20). The van der Waals surface area contributed by atoms with Gasteiger partial charge in [-0.2, -0.15) is 0 Å². The molecule has 2 aliphatic rings. The predicted molar refractivity (Wildman–Crippen MR) is 83.2 cm³/mol. The average Bonchev–Trinajstić information content (AvgIpc) is 3.09. The lowest BCUT2D eigenvalue weighted by Crippen LogP contribution is -2.20. The summed E-state index contributed by atoms with van der Waals surface area (Å²) in [4.78, 5) is 12.1. The molecule has 3 unspecified atom stereocenters. The highest BCUT2D eigenvalue weighted by Gasteiger charge is 2.40. The van der Waals surface area contributed by atoms with E-state index in [0.717, 1.165) is 23.3 Å². The molecule has 0 aliphatic heterocycles. The number of ether oxygens (including phenoxy) is 1. The highest BCUT2D eigenvalue weighted by Crippen LogP contribution is 2.49. The lowest BCUT2D eigenvalue weighted by atomic mass is 9.86. The van der Waals surface area contributed by atoms with Gasteiger partial charge in [0.25, 0.3) is 0 Å². The molecule has 3 N–H and O–H groups in total. The number of nitrogens with two attached hydrogens (primary N) is 1. The predicted octanol–water partition coefficient (Wildman–Crippen LogP) is 2.79. The average molecular weight is 288 g/mol. The molecule has 114 valence electrons. The number of nitrogens with one attached hydrogen (secondary N) is 1. The normalized spacial score (nSPS) is 26.8. The van der Waals surface area contributed by atoms with Crippen LogP contribution in [0.2, 0.25) is 0 Å². The molecule has 2 fully saturated rings. The lowest BCUT2D eigenvalue weighted by molar-refractivity contribution is -0.117. The molecule has 1 amide bonds. The van der Waals surface area contributed by atoms with Crippen molar-refractivity contribution < 1.29 is 9.53 Å². The van der Waals surface area contributed by atoms with Crippen LogP contribution in [-0.2, 0) is 4.79 Å². The smallest absolute Gasteiger partial charge is 0.224 e. The number of fused-ring (bicyclic) bond motifs is 2. The van der Waals surface area contributed by atoms with Crippen molar-refractivity contribution in [1.29, 1.82) is 0 Å². The zero-order chi connectivity index (χ0) is 14.7. The van der Waals surface area contributed by atoms with Gasteiger partial charge in [0.15, 0.2) is 0 Å². The Labute approximate surface area is 126 Å². The SMILES string of the molecule is NCCOc1ccc(NC(=O)CC2CC3CCC2C3)cc1. The third-order valence-electron chi connectivity index (χ3n) is 4.86. The summed E-state index contributed by atoms with van der Waals surface area (Å²) in [5.41, 5.74) is 6.23. The summed E-state index contributed by atoms with van der Waals surface area (Å²) >= 11 is 0. The van der Waals surface area contributed by atoms with E-state index in [0.29, 0.717) is 25.5 Å². The van der Waals surface area contributed by atoms with Gasteiger partial charge in [0.1, 0.15) is 12.4 Å². The minimum Gasteiger partial charge on any atom is -0.492 e. The van der Waals surface area contributed by atoms with Crippen LogP contribution in [0.3, 0.4) is 0 Å². The molecule has 21 heavy (non-hydrogen) atoms. The Kier molecular flexibility index (Phi) is 4.44. The molecule has 3 rings (SSSR count). The van der Waals surface area contributed by atoms with Crippen LogP contribution in [0.4, 0.5) is 5.69 Å². The Bertz CT molecular complexity index is 486. The van der Waals surface area contributed by atoms with Gasteiger partial charge in [-0.15, -0.1) is 0 Å². The van der Waals surface area contributed by atoms with E-state index in [-0.39, 0.29) is 5.91 Å². The fourth-order valence-electron chi connectivity index (χ4n) is 3.89. The molecule has 2 saturated carbocycles. The summed E-state index contributed by atoms with van der Waals surface area (Å²) < 4.78 is 5.42. The van der Waals surface area contributed by atoms with Gasteiger partial charge in [-0.3, -0.25) is 4.79 Å². The number of hydrogen-bond donors (Lipinski definition) is 2. The quantitative estimate of drug-likeness (QED) is 0.846. The molecular formula is C17H24N2O2. The van der Waals surface area contributed by atoms with Gasteiger partial charge in [0.2, 0.25) is 5.91 Å². The second-order valence-electron chi connectivity index (χ2n) is 6.35. The van der Waals surface area contributed by atoms with Crippen LogP contribution in [-0.4, -0.2) is 19.1 Å². The second kappa shape index (κ2) is 6.48. The van der Waals surface area contributed by atoms with Crippen LogP contribution in [0.5, 0.6) is 5.75 Å². The van der Waals surface area contributed by atoms with E-state index in [1.165, 1.54) is 25.7 Å². The lowest BCUT2D eigenvalue weighted by Gasteiger charge is -2.20. The highest BCUT2D eigenvalue weighted by atomic mass is 16.5. The fraction of sp³-hybridized carbons (Fsp3) is 0.588. The molecule has 4 nitrogen and oxygen atoms in total. The Hall–Kier alpha value is -1.55. The maximum absolute atomic E-state index is 12.1. The number of amides is 1. The molecule has 0 saturated heterocycles. The number of anilines is 1. The van der Waals surface area contributed by atoms with Crippen molar-refractivity contribution in [2.24, 2.45) is 23.5 Å². The summed E-state index contributed by atoms with van der Waals surface area (Å²) in [6.45, 7) is 1.01. The van der Waals surface area contributed by atoms with E-state index in [9.17, 15) is 4.79 Å². The van der Waals surface area contributed by atoms with Crippen molar-refractivity contribution in [2.75, 3.05) is 18.5 Å². The first kappa shape index (κ1) is 14.4. The second-order valence-corrected chi connectivity index (χ2v) is 6.35. The molecule has 3 atom stereocenters. The fourth-order valence-corrected chi connectivity index (χ4v) is 3.89. The van der Waals surface area contributed by atoms with Crippen molar-refractivity contribution >= 4 is 11.6 Å². The number of carbonyl (C=O) groups excluding carboxylic acids is 1. The molecule has 0 heterocycles. The molecule has 0 aromatic heterocycles. The number of benzene rings is 1. The van der Waals surface area contributed by atoms with E-state index in [1.807, 2.05) is 24.3 Å². The zero-order valence-corrected chi connectivity index (χ0v) is 12.4. The van der Waals surface area contributed by atoms with Gasteiger partial charge >= 0.3 is 0 Å². The summed E-state index contributed by atoms with van der Waals surface area (Å²) in [6, 6.07) is 7.49. The van der Waals surface area contributed by atoms with Gasteiger partial charge in [0.05, 0.1) is 0 Å². The van der Waals surface area contributed by atoms with Crippen LogP contribution < -0.4 is 15.8 Å². The van der Waals surface area contributed by atoms with Crippen LogP contribution in [0, 0.1) is 17.8 Å². The van der Waals surface area contributed by atoms with Gasteiger partial charge in [-0.25, -0.2) is 0 Å². The summed E-state index contributed by atoms with van der Waals surface area (Å²) in [5, 5.41) is 2.99. The van der Waals surface area contributed by atoms with Crippen LogP contribution in [0.1, 0.15) is 32.1 Å². The minimum atomic E-state index is 0.142. The number of carbonyl (C=O) groups is 1. The van der Waals surface area contributed by atoms with Gasteiger partial charge in [-0.05, 0) is 61.3 Å². The first-order chi connectivity index (χ1) is 10.2. The number of hydrogen-bond acceptors (Lipinski definition) is 3. The van der Waals surface area contributed by atoms with Gasteiger partial charge in [-0.1, -0.05) is 6.42 Å². The third kappa shape index (κ3) is 3.56. The van der Waals surface area contributed by atoms with E-state index >= 15 is 0 Å². The Morgan fingerprint density at radius 1 is 1.24 bits per heavy atom. The Morgan fingerprint density at radius 2 is 2.05 bits per heavy atom. The van der Waals surface area contributed by atoms with Crippen molar-refractivity contribution in [2.45, 2.75) is 32.1 Å². The van der Waals surface area contributed by atoms with E-state index in [1.54, 1.807) is 0 Å². The van der Waals surface area contributed by atoms with Crippen LogP contribution >= 0.6 is 0 Å². The largest absolute Gasteiger partial charge is 0.492 e. The first-order valence-corrected chi connectivity index (χ1v) is 7.97. The van der Waals surface area contributed by atoms with Crippen molar-refractivity contribution in [3.8, 4) is 5.75 Å². The molecular weight excluding hydrogens is 264 g/mol. The van der Waals surface area contributed by atoms with Crippen molar-refractivity contribution in [3.05, 3.63) is 24.3 Å². The van der Waals surface area contributed by atoms with E-state index in [2.05, 4.69) is 5.32 Å². The molecule has 0 spiro atoms. The highest BCUT2D eigenvalue weighted by molar-refractivity contribution is 5.90. The molecule has 2 bridgehead atoms. The zero-order valence-electron chi connectivity index (χ0n) is 12.4. The molecule has 4 heteroatoms. The minimum absolute atomic E-state index is 0.142. The van der Waals surface area contributed by atoms with Crippen LogP contribution in [0.15, 0.2) is 24.3 Å². The maximum atomic E-state index is 12.1. The maximum Gasteiger partial charge on any atom is 0.224 e. The van der Waals surface area contributed by atoms with E-state index < -0.39 is 0 Å². The topological polar surface area (TPSA) is 64.3 Å². The molecule has 1 aromatic carbocycles. The first-order valence-electron chi connectivity index (χ1n) is 7.97. The van der Waals surface area contributed by atoms with Crippen molar-refractivity contribution in [1.82, 2.24) is 0 Å². The number of rotatable bonds is 6. The van der Waals surface area contributed by atoms with E-state index in [4.69, 9.17) is 10.5 Å². The Balaban J connectivity index is 1.48. The summed E-state index contributed by atoms with van der Waals surface area (Å²) in [7, 11) is 0. The monoisotopic (exact) mass is 288 g/mol. The molecule has 2 aliphatic carbocycles.